The van der Waals surface area contributed by atoms with Crippen LogP contribution in [0.25, 0.3) is 0 Å². The van der Waals surface area contributed by atoms with E-state index in [1.54, 1.807) is 24.3 Å². The van der Waals surface area contributed by atoms with E-state index >= 15 is 0 Å². The Morgan fingerprint density at radius 1 is 1.27 bits per heavy atom. The van der Waals surface area contributed by atoms with Gasteiger partial charge in [0, 0.05) is 5.69 Å². The molecule has 0 aromatic heterocycles. The molecule has 4 heteroatoms. The first-order valence-electron chi connectivity index (χ1n) is 2.84. The molecule has 0 saturated carbocycles. The largest absolute Gasteiger partial charge is 0.465 e. The fraction of sp³-hybridized carbons (Fsp3) is 0. The molecule has 0 radical (unpaired) electrons. The van der Waals surface area contributed by atoms with E-state index < -0.39 is 6.09 Å². The molecule has 0 atom stereocenters. The number of benzene rings is 1. The second-order valence-electron chi connectivity index (χ2n) is 1.80. The van der Waals surface area contributed by atoms with E-state index in [-0.39, 0.29) is 24.0 Å². The van der Waals surface area contributed by atoms with Gasteiger partial charge in [-0.15, -0.1) is 24.0 Å². The standard InChI is InChI=1S/C7H7NO2.HI/c9-7(10)8-6-4-2-1-3-5-6;/h1-5,8H,(H,9,10);1H. The summed E-state index contributed by atoms with van der Waals surface area (Å²) >= 11 is 0. The summed E-state index contributed by atoms with van der Waals surface area (Å²) in [7, 11) is 0. The van der Waals surface area contributed by atoms with Crippen LogP contribution < -0.4 is 5.32 Å². The van der Waals surface area contributed by atoms with Crippen molar-refractivity contribution in [3.8, 4) is 0 Å². The molecular formula is C7H8INO2. The normalized spacial score (nSPS) is 8.00. The van der Waals surface area contributed by atoms with Crippen LogP contribution in [0.2, 0.25) is 0 Å². The zero-order chi connectivity index (χ0) is 7.40. The highest BCUT2D eigenvalue weighted by molar-refractivity contribution is 14.0. The molecule has 0 unspecified atom stereocenters. The fourth-order valence-electron chi connectivity index (χ4n) is 0.645. The highest BCUT2D eigenvalue weighted by Gasteiger charge is 1.92. The Morgan fingerprint density at radius 3 is 2.27 bits per heavy atom. The Hall–Kier alpha value is -0.780. The lowest BCUT2D eigenvalue weighted by Crippen LogP contribution is -2.06. The molecule has 0 bridgehead atoms. The van der Waals surface area contributed by atoms with E-state index in [0.717, 1.165) is 0 Å². The van der Waals surface area contributed by atoms with Gasteiger partial charge < -0.3 is 5.11 Å². The molecule has 0 aliphatic carbocycles. The minimum Gasteiger partial charge on any atom is -0.465 e. The molecule has 0 aliphatic heterocycles. The van der Waals surface area contributed by atoms with Crippen molar-refractivity contribution in [2.75, 3.05) is 5.32 Å². The van der Waals surface area contributed by atoms with Gasteiger partial charge in [-0.25, -0.2) is 4.79 Å². The summed E-state index contributed by atoms with van der Waals surface area (Å²) in [5, 5.41) is 10.5. The van der Waals surface area contributed by atoms with Crippen LogP contribution in [0.15, 0.2) is 30.3 Å². The van der Waals surface area contributed by atoms with Crippen molar-refractivity contribution >= 4 is 35.8 Å². The molecule has 1 aromatic carbocycles. The second kappa shape index (κ2) is 4.95. The molecule has 0 saturated heterocycles. The zero-order valence-electron chi connectivity index (χ0n) is 5.65. The molecule has 0 aliphatic rings. The molecule has 1 amide bonds. The maximum atomic E-state index is 10.1. The lowest BCUT2D eigenvalue weighted by Gasteiger charge is -1.96. The predicted octanol–water partition coefficient (Wildman–Crippen LogP) is 2.39. The average Bonchev–Trinajstić information content (AvgIpc) is 1.88. The number of hydrogen-bond acceptors (Lipinski definition) is 1. The van der Waals surface area contributed by atoms with Crippen LogP contribution in [0.4, 0.5) is 10.5 Å². The minimum atomic E-state index is -1.04. The number of carboxylic acid groups (broad SMARTS) is 1. The first-order chi connectivity index (χ1) is 4.79. The molecular weight excluding hydrogens is 257 g/mol. The van der Waals surface area contributed by atoms with E-state index in [9.17, 15) is 4.79 Å². The highest BCUT2D eigenvalue weighted by atomic mass is 127. The van der Waals surface area contributed by atoms with Crippen LogP contribution in [-0.4, -0.2) is 11.2 Å². The number of anilines is 1. The Labute approximate surface area is 81.4 Å². The summed E-state index contributed by atoms with van der Waals surface area (Å²) in [5.41, 5.74) is 0.593. The summed E-state index contributed by atoms with van der Waals surface area (Å²) < 4.78 is 0. The zero-order valence-corrected chi connectivity index (χ0v) is 7.98. The van der Waals surface area contributed by atoms with Crippen LogP contribution in [0.3, 0.4) is 0 Å². The van der Waals surface area contributed by atoms with Crippen molar-refractivity contribution in [3.05, 3.63) is 30.3 Å². The number of halogens is 1. The van der Waals surface area contributed by atoms with Crippen molar-refractivity contribution in [2.24, 2.45) is 0 Å². The quantitative estimate of drug-likeness (QED) is 0.766. The third-order valence-corrected chi connectivity index (χ3v) is 1.03. The maximum Gasteiger partial charge on any atom is 0.409 e. The van der Waals surface area contributed by atoms with Crippen LogP contribution in [0.1, 0.15) is 0 Å². The molecule has 11 heavy (non-hydrogen) atoms. The van der Waals surface area contributed by atoms with Gasteiger partial charge in [0.05, 0.1) is 0 Å². The van der Waals surface area contributed by atoms with Gasteiger partial charge in [0.15, 0.2) is 0 Å². The van der Waals surface area contributed by atoms with Crippen LogP contribution in [-0.2, 0) is 0 Å². The van der Waals surface area contributed by atoms with E-state index in [0.29, 0.717) is 5.69 Å². The highest BCUT2D eigenvalue weighted by Crippen LogP contribution is 2.03. The van der Waals surface area contributed by atoms with Crippen LogP contribution in [0.5, 0.6) is 0 Å². The Balaban J connectivity index is 0.000001000. The summed E-state index contributed by atoms with van der Waals surface area (Å²) in [6.07, 6.45) is -1.04. The van der Waals surface area contributed by atoms with Crippen molar-refractivity contribution in [1.82, 2.24) is 0 Å². The molecule has 60 valence electrons. The number of nitrogens with one attached hydrogen (secondary N) is 1. The number of para-hydroxylation sites is 1. The van der Waals surface area contributed by atoms with Crippen LogP contribution in [0, 0.1) is 0 Å². The summed E-state index contributed by atoms with van der Waals surface area (Å²) in [6.45, 7) is 0. The number of rotatable bonds is 1. The molecule has 3 nitrogen and oxygen atoms in total. The van der Waals surface area contributed by atoms with Crippen molar-refractivity contribution < 1.29 is 9.90 Å². The Morgan fingerprint density at radius 2 is 1.82 bits per heavy atom. The van der Waals surface area contributed by atoms with E-state index in [4.69, 9.17) is 5.11 Å². The predicted molar refractivity (Wildman–Crippen MR) is 53.5 cm³/mol. The average molecular weight is 265 g/mol. The molecule has 1 rings (SSSR count). The van der Waals surface area contributed by atoms with Gasteiger partial charge in [0.2, 0.25) is 0 Å². The molecule has 2 N–H and O–H groups in total. The first kappa shape index (κ1) is 10.2. The Bertz CT molecular complexity index is 225. The summed E-state index contributed by atoms with van der Waals surface area (Å²) in [5.74, 6) is 0. The van der Waals surface area contributed by atoms with Crippen molar-refractivity contribution in [3.63, 3.8) is 0 Å². The second-order valence-corrected chi connectivity index (χ2v) is 1.80. The number of hydrogen-bond donors (Lipinski definition) is 2. The third-order valence-electron chi connectivity index (χ3n) is 1.03. The molecule has 0 heterocycles. The maximum absolute atomic E-state index is 10.1. The van der Waals surface area contributed by atoms with E-state index in [1.807, 2.05) is 6.07 Å². The third kappa shape index (κ3) is 3.82. The van der Waals surface area contributed by atoms with Gasteiger partial charge in [-0.3, -0.25) is 5.32 Å². The SMILES string of the molecule is I.O=C(O)Nc1ccccc1. The monoisotopic (exact) mass is 265 g/mol. The fourth-order valence-corrected chi connectivity index (χ4v) is 0.645. The molecule has 0 spiro atoms. The number of amides is 1. The molecule has 0 fully saturated rings. The summed E-state index contributed by atoms with van der Waals surface area (Å²) in [4.78, 5) is 10.1. The van der Waals surface area contributed by atoms with Crippen molar-refractivity contribution in [2.45, 2.75) is 0 Å². The lowest BCUT2D eigenvalue weighted by atomic mass is 10.3. The van der Waals surface area contributed by atoms with Gasteiger partial charge in [0.25, 0.3) is 0 Å². The van der Waals surface area contributed by atoms with Gasteiger partial charge in [0.1, 0.15) is 0 Å². The minimum absolute atomic E-state index is 0. The van der Waals surface area contributed by atoms with Gasteiger partial charge in [-0.1, -0.05) is 18.2 Å². The molecule has 1 aromatic rings. The van der Waals surface area contributed by atoms with Gasteiger partial charge in [-0.2, -0.15) is 0 Å². The lowest BCUT2D eigenvalue weighted by molar-refractivity contribution is 0.210. The number of carbonyl (C=O) groups is 1. The first-order valence-corrected chi connectivity index (χ1v) is 2.84. The van der Waals surface area contributed by atoms with Crippen LogP contribution >= 0.6 is 24.0 Å². The van der Waals surface area contributed by atoms with E-state index in [1.165, 1.54) is 0 Å². The van der Waals surface area contributed by atoms with E-state index in [2.05, 4.69) is 5.32 Å². The summed E-state index contributed by atoms with van der Waals surface area (Å²) in [6, 6.07) is 8.74. The van der Waals surface area contributed by atoms with Gasteiger partial charge >= 0.3 is 6.09 Å². The van der Waals surface area contributed by atoms with Crippen molar-refractivity contribution in [1.29, 1.82) is 0 Å². The Kier molecular flexibility index (Phi) is 4.60. The van der Waals surface area contributed by atoms with Gasteiger partial charge in [-0.05, 0) is 12.1 Å². The smallest absolute Gasteiger partial charge is 0.409 e. The topological polar surface area (TPSA) is 49.3 Å².